The van der Waals surface area contributed by atoms with Crippen molar-refractivity contribution in [3.8, 4) is 11.5 Å². The van der Waals surface area contributed by atoms with Gasteiger partial charge in [0.25, 0.3) is 0 Å². The van der Waals surface area contributed by atoms with Crippen molar-refractivity contribution in [2.45, 2.75) is 238 Å². The number of aromatic hydroxyl groups is 1. The summed E-state index contributed by atoms with van der Waals surface area (Å²) in [6.45, 7) is 15.7. The maximum atomic E-state index is 12.8. The van der Waals surface area contributed by atoms with Crippen LogP contribution in [0, 0.1) is 52.3 Å². The highest BCUT2D eigenvalue weighted by molar-refractivity contribution is 14.1. The third-order valence-electron chi connectivity index (χ3n) is 23.3. The highest BCUT2D eigenvalue weighted by Crippen LogP contribution is 2.64. The molecular weight excluding hydrogens is 1110 g/mol. The SMILES string of the molecule is CCC(CC)N(C)C(CC)c1cccc(O)c1.CCC(CC)N(C)C(CC)c1cccc(OCC[C@]23CCC4C5CCC(=O)C=C5CCC4C2CC[C@@H]3O)c1.O=C1CCC2C3CCC4=C(CCC5(C4)OCCO5)C3CC[C@]12CCI. The summed E-state index contributed by atoms with van der Waals surface area (Å²) < 4.78 is 19.6. The molecule has 6 fully saturated rings. The van der Waals surface area contributed by atoms with Crippen molar-refractivity contribution in [2.75, 3.05) is 38.3 Å². The second-order valence-electron chi connectivity index (χ2n) is 26.5. The molecule has 1 heterocycles. The van der Waals surface area contributed by atoms with E-state index in [0.29, 0.717) is 77.7 Å². The Labute approximate surface area is 497 Å². The summed E-state index contributed by atoms with van der Waals surface area (Å²) in [5, 5.41) is 20.9. The van der Waals surface area contributed by atoms with E-state index in [1.165, 1.54) is 74.5 Å². The Morgan fingerprint density at radius 1 is 0.662 bits per heavy atom. The summed E-state index contributed by atoms with van der Waals surface area (Å²) in [4.78, 5) is 29.8. The molecule has 9 nitrogen and oxygen atoms in total. The van der Waals surface area contributed by atoms with E-state index in [0.717, 1.165) is 138 Å². The van der Waals surface area contributed by atoms with Gasteiger partial charge in [0, 0.05) is 65.1 Å². The number of carbonyl (C=O) groups excluding carboxylic acids is 2. The van der Waals surface area contributed by atoms with E-state index >= 15 is 0 Å². The second kappa shape index (κ2) is 27.6. The number of benzene rings is 2. The topological polar surface area (TPSA) is 109 Å². The van der Waals surface area contributed by atoms with Gasteiger partial charge in [0.15, 0.2) is 11.6 Å². The van der Waals surface area contributed by atoms with Crippen LogP contribution in [0.3, 0.4) is 0 Å². The molecule has 2 aromatic rings. The smallest absolute Gasteiger partial charge is 0.172 e. The molecule has 12 atom stereocenters. The Balaban J connectivity index is 0.000000158. The number of phenolic OH excluding ortho intramolecular Hbond substituents is 1. The number of ether oxygens (including phenoxy) is 3. The van der Waals surface area contributed by atoms with Gasteiger partial charge in [-0.15, -0.1) is 0 Å². The summed E-state index contributed by atoms with van der Waals surface area (Å²) in [6, 6.07) is 18.4. The molecule has 9 unspecified atom stereocenters. The van der Waals surface area contributed by atoms with Gasteiger partial charge < -0.3 is 24.4 Å². The van der Waals surface area contributed by atoms with Crippen LogP contribution in [0.25, 0.3) is 0 Å². The number of alkyl halides is 1. The van der Waals surface area contributed by atoms with Crippen LogP contribution < -0.4 is 4.74 Å². The molecule has 10 heteroatoms. The Morgan fingerprint density at radius 3 is 2.00 bits per heavy atom. The number of rotatable bonds is 18. The van der Waals surface area contributed by atoms with Gasteiger partial charge in [0.2, 0.25) is 0 Å². The van der Waals surface area contributed by atoms with Crippen LogP contribution in [0.15, 0.2) is 71.3 Å². The highest BCUT2D eigenvalue weighted by atomic mass is 127. The fourth-order valence-corrected chi connectivity index (χ4v) is 20.2. The zero-order valence-corrected chi connectivity index (χ0v) is 53.0. The molecule has 1 saturated heterocycles. The van der Waals surface area contributed by atoms with E-state index in [4.69, 9.17) is 14.2 Å². The molecule has 11 rings (SSSR count). The number of Topliss-reactive ketones (excluding diaryl/α,β-unsaturated/α-hetero) is 1. The number of aliphatic hydroxyl groups is 1. The molecule has 5 saturated carbocycles. The van der Waals surface area contributed by atoms with Crippen LogP contribution in [0.5, 0.6) is 11.5 Å². The van der Waals surface area contributed by atoms with Crippen molar-refractivity contribution in [3.63, 3.8) is 0 Å². The van der Waals surface area contributed by atoms with E-state index in [1.807, 2.05) is 18.2 Å². The number of phenols is 1. The lowest BCUT2D eigenvalue weighted by Gasteiger charge is -2.54. The first-order valence-corrected chi connectivity index (χ1v) is 34.2. The predicted molar refractivity (Wildman–Crippen MR) is 332 cm³/mol. The fraction of sp³-hybridized carbons (Fsp3) is 0.743. The van der Waals surface area contributed by atoms with E-state index < -0.39 is 0 Å². The highest BCUT2D eigenvalue weighted by Gasteiger charge is 2.59. The van der Waals surface area contributed by atoms with Crippen molar-refractivity contribution >= 4 is 34.2 Å². The molecule has 2 N–H and O–H groups in total. The van der Waals surface area contributed by atoms with E-state index in [-0.39, 0.29) is 22.7 Å². The predicted octanol–water partition coefficient (Wildman–Crippen LogP) is 16.3. The molecule has 0 aromatic heterocycles. The van der Waals surface area contributed by atoms with E-state index in [9.17, 15) is 19.8 Å². The van der Waals surface area contributed by atoms with Gasteiger partial charge in [-0.3, -0.25) is 19.4 Å². The maximum Gasteiger partial charge on any atom is 0.172 e. The first-order chi connectivity index (χ1) is 38.7. The van der Waals surface area contributed by atoms with Gasteiger partial charge in [-0.1, -0.05) is 105 Å². The fourth-order valence-electron chi connectivity index (χ4n) is 19.2. The maximum absolute atomic E-state index is 12.8. The molecule has 0 amide bonds. The third kappa shape index (κ3) is 12.7. The van der Waals surface area contributed by atoms with Crippen molar-refractivity contribution in [3.05, 3.63) is 82.5 Å². The van der Waals surface area contributed by atoms with Crippen molar-refractivity contribution in [1.29, 1.82) is 0 Å². The van der Waals surface area contributed by atoms with Crippen LogP contribution in [-0.2, 0) is 19.1 Å². The molecule has 1 spiro atoms. The van der Waals surface area contributed by atoms with Crippen molar-refractivity contribution in [1.82, 2.24) is 9.80 Å². The lowest BCUT2D eigenvalue weighted by atomic mass is 9.51. The van der Waals surface area contributed by atoms with Gasteiger partial charge in [-0.25, -0.2) is 0 Å². The minimum Gasteiger partial charge on any atom is -0.508 e. The molecule has 80 heavy (non-hydrogen) atoms. The minimum absolute atomic E-state index is 0.00608. The summed E-state index contributed by atoms with van der Waals surface area (Å²) in [6.07, 6.45) is 29.3. The summed E-state index contributed by atoms with van der Waals surface area (Å²) >= 11 is 2.48. The normalized spacial score (nSPS) is 32.0. The second-order valence-corrected chi connectivity index (χ2v) is 27.6. The average molecular weight is 1210 g/mol. The van der Waals surface area contributed by atoms with Crippen LogP contribution >= 0.6 is 22.6 Å². The van der Waals surface area contributed by atoms with Gasteiger partial charge in [-0.2, -0.15) is 0 Å². The summed E-state index contributed by atoms with van der Waals surface area (Å²) in [5.74, 6) is 6.79. The first-order valence-electron chi connectivity index (χ1n) is 32.7. The Bertz CT molecular complexity index is 2440. The largest absolute Gasteiger partial charge is 0.508 e. The minimum atomic E-state index is -0.283. The van der Waals surface area contributed by atoms with Crippen LogP contribution in [0.1, 0.15) is 225 Å². The lowest BCUT2D eigenvalue weighted by molar-refractivity contribution is -0.166. The van der Waals surface area contributed by atoms with Gasteiger partial charge in [-0.05, 0) is 232 Å². The molecule has 444 valence electrons. The van der Waals surface area contributed by atoms with Crippen molar-refractivity contribution < 1.29 is 34.0 Å². The van der Waals surface area contributed by atoms with Crippen LogP contribution in [-0.4, -0.2) is 93.9 Å². The zero-order valence-electron chi connectivity index (χ0n) is 50.8. The number of fused-ring (bicyclic) bond motifs is 9. The average Bonchev–Trinajstić information content (AvgIpc) is 4.20. The molecule has 0 bridgehead atoms. The standard InChI is InChI=1S/C34H51NO3.C21H29IO3.C15H25NO/c1-5-25(6-2)35(4)32(7-3)24-9-8-10-27(22-24)38-20-19-34-18-17-29-28-14-12-26(36)21-23(28)11-13-30(29)31(34)15-16-33(34)37;22-10-9-20-7-5-16-15-6-8-21(24-11-12-25-21)13-14(15)1-2-17(16)18(20)3-4-19(20)23;1-5-13(6-2)16(4)15(7-3)12-9-8-10-14(17)11-12/h8-10,21-22,25,28-33,37H,5-7,11-20H2,1-4H3;16-18H,1-13H2;8-11,13,15,17H,5-7H2,1-4H3/t28?,29?,30?,31?,32?,33-,34+;16?,17?,18?,20-;/m01./s1. The molecular formula is C70H105IN2O7. The molecule has 2 aromatic carbocycles. The quantitative estimate of drug-likeness (QED) is 0.0857. The monoisotopic (exact) mass is 1210 g/mol. The number of ketones is 2. The molecule has 0 radical (unpaired) electrons. The molecule has 1 aliphatic heterocycles. The Morgan fingerprint density at radius 2 is 1.34 bits per heavy atom. The molecule has 9 aliphatic rings. The number of hydrogen-bond acceptors (Lipinski definition) is 9. The van der Waals surface area contributed by atoms with E-state index in [2.05, 4.69) is 118 Å². The Hall–Kier alpha value is -2.61. The van der Waals surface area contributed by atoms with Crippen molar-refractivity contribution in [2.24, 2.45) is 52.3 Å². The summed E-state index contributed by atoms with van der Waals surface area (Å²) in [5.41, 5.74) is 7.45. The number of halogens is 1. The third-order valence-corrected chi connectivity index (χ3v) is 23.8. The van der Waals surface area contributed by atoms with E-state index in [1.54, 1.807) is 17.2 Å². The number of hydrogen-bond donors (Lipinski definition) is 2. The van der Waals surface area contributed by atoms with Crippen LogP contribution in [0.2, 0.25) is 0 Å². The lowest BCUT2D eigenvalue weighted by Crippen LogP contribution is -2.49. The van der Waals surface area contributed by atoms with Crippen LogP contribution in [0.4, 0.5) is 0 Å². The Kier molecular flexibility index (Phi) is 21.4. The number of nitrogens with zero attached hydrogens (tertiary/aromatic N) is 2. The number of allylic oxidation sites excluding steroid dienone is 2. The van der Waals surface area contributed by atoms with Gasteiger partial charge in [0.1, 0.15) is 17.3 Å². The number of carbonyl (C=O) groups is 2. The van der Waals surface area contributed by atoms with Gasteiger partial charge >= 0.3 is 0 Å². The zero-order chi connectivity index (χ0) is 56.8. The summed E-state index contributed by atoms with van der Waals surface area (Å²) in [7, 11) is 4.46. The molecule has 8 aliphatic carbocycles. The van der Waals surface area contributed by atoms with Gasteiger partial charge in [0.05, 0.1) is 25.9 Å². The first kappa shape index (κ1) is 61.9. The number of aliphatic hydroxyl groups excluding tert-OH is 1.